The van der Waals surface area contributed by atoms with Crippen LogP contribution in [0.1, 0.15) is 51.2 Å². The van der Waals surface area contributed by atoms with Gasteiger partial charge in [0.15, 0.2) is 0 Å². The van der Waals surface area contributed by atoms with Crippen molar-refractivity contribution < 1.29 is 14.6 Å². The molecule has 2 aromatic carbocycles. The predicted molar refractivity (Wildman–Crippen MR) is 130 cm³/mol. The number of aliphatic imine (C=N–C) groups is 1. The summed E-state index contributed by atoms with van der Waals surface area (Å²) >= 11 is 0. The normalized spacial score (nSPS) is 21.4. The van der Waals surface area contributed by atoms with Gasteiger partial charge < -0.3 is 14.7 Å². The lowest BCUT2D eigenvalue weighted by Crippen LogP contribution is -2.41. The molecule has 0 radical (unpaired) electrons. The van der Waals surface area contributed by atoms with Crippen LogP contribution in [-0.4, -0.2) is 36.6 Å². The number of hydrogen-bond donors (Lipinski definition) is 1. The summed E-state index contributed by atoms with van der Waals surface area (Å²) < 4.78 is 6.10. The summed E-state index contributed by atoms with van der Waals surface area (Å²) in [7, 11) is 1.72. The van der Waals surface area contributed by atoms with E-state index in [2.05, 4.69) is 25.8 Å². The van der Waals surface area contributed by atoms with Gasteiger partial charge in [-0.25, -0.2) is 0 Å². The topological polar surface area (TPSA) is 62.1 Å². The molecule has 2 aromatic rings. The number of nitrogens with zero attached hydrogens (tertiary/aromatic N) is 2. The molecular formula is C27H36N2O3. The number of rotatable bonds is 6. The lowest BCUT2D eigenvalue weighted by atomic mass is 9.75. The number of ether oxygens (including phenoxy) is 1. The first-order valence-electron chi connectivity index (χ1n) is 11.6. The van der Waals surface area contributed by atoms with Crippen molar-refractivity contribution in [1.82, 2.24) is 0 Å². The minimum absolute atomic E-state index is 0.0411. The van der Waals surface area contributed by atoms with E-state index in [0.29, 0.717) is 23.6 Å². The molecule has 172 valence electrons. The fourth-order valence-corrected chi connectivity index (χ4v) is 4.74. The second kappa shape index (κ2) is 10.7. The molecule has 3 rings (SSSR count). The van der Waals surface area contributed by atoms with Crippen LogP contribution >= 0.6 is 0 Å². The molecule has 5 nitrogen and oxygen atoms in total. The Morgan fingerprint density at radius 2 is 1.84 bits per heavy atom. The van der Waals surface area contributed by atoms with E-state index in [4.69, 9.17) is 4.74 Å². The molecule has 0 unspecified atom stereocenters. The Hall–Kier alpha value is -2.82. The van der Waals surface area contributed by atoms with E-state index in [9.17, 15) is 9.90 Å². The Kier molecular flexibility index (Phi) is 7.94. The third-order valence-corrected chi connectivity index (χ3v) is 6.53. The van der Waals surface area contributed by atoms with Gasteiger partial charge in [-0.05, 0) is 73.4 Å². The third kappa shape index (κ3) is 5.70. The molecule has 32 heavy (non-hydrogen) atoms. The van der Waals surface area contributed by atoms with Crippen LogP contribution in [0, 0.1) is 24.7 Å². The summed E-state index contributed by atoms with van der Waals surface area (Å²) in [5.41, 5.74) is 2.79. The minimum atomic E-state index is -0.238. The smallest absolute Gasteiger partial charge is 0.326 e. The number of amidine groups is 1. The van der Waals surface area contributed by atoms with Crippen LogP contribution in [0.5, 0.6) is 5.75 Å². The molecule has 1 saturated carbocycles. The van der Waals surface area contributed by atoms with E-state index in [1.807, 2.05) is 48.2 Å². The second-order valence-corrected chi connectivity index (χ2v) is 9.32. The molecule has 1 fully saturated rings. The molecule has 3 atom stereocenters. The predicted octanol–water partition coefficient (Wildman–Crippen LogP) is 5.59. The number of anilines is 1. The van der Waals surface area contributed by atoms with Crippen molar-refractivity contribution >= 4 is 17.5 Å². The van der Waals surface area contributed by atoms with Gasteiger partial charge in [0.25, 0.3) is 0 Å². The van der Waals surface area contributed by atoms with Crippen molar-refractivity contribution in [1.29, 1.82) is 0 Å². The molecule has 0 aromatic heterocycles. The van der Waals surface area contributed by atoms with Crippen molar-refractivity contribution in [2.24, 2.45) is 22.7 Å². The molecule has 1 N–H and O–H groups in total. The number of phenols is 1. The number of phenolic OH excluding ortho intramolecular Hbond substituents is 1. The van der Waals surface area contributed by atoms with Crippen molar-refractivity contribution in [3.05, 3.63) is 59.7 Å². The number of carbonyl (C=O) groups is 1. The fourth-order valence-electron chi connectivity index (χ4n) is 4.74. The molecule has 0 heterocycles. The van der Waals surface area contributed by atoms with E-state index in [-0.39, 0.29) is 24.4 Å². The van der Waals surface area contributed by atoms with Crippen LogP contribution < -0.4 is 4.90 Å². The van der Waals surface area contributed by atoms with Gasteiger partial charge in [-0.1, -0.05) is 45.4 Å². The van der Waals surface area contributed by atoms with Crippen LogP contribution in [0.25, 0.3) is 0 Å². The first kappa shape index (κ1) is 23.8. The van der Waals surface area contributed by atoms with E-state index in [0.717, 1.165) is 29.7 Å². The summed E-state index contributed by atoms with van der Waals surface area (Å²) in [4.78, 5) is 19.7. The van der Waals surface area contributed by atoms with Crippen molar-refractivity contribution in [2.45, 2.75) is 53.1 Å². The minimum Gasteiger partial charge on any atom is -0.508 e. The van der Waals surface area contributed by atoms with Gasteiger partial charge in [0, 0.05) is 18.3 Å². The van der Waals surface area contributed by atoms with E-state index >= 15 is 0 Å². The van der Waals surface area contributed by atoms with Crippen LogP contribution in [-0.2, 0) is 9.53 Å². The van der Waals surface area contributed by atoms with Crippen molar-refractivity contribution in [3.63, 3.8) is 0 Å². The standard InChI is InChI=1S/C27H36N2O3/c1-18(2)23-15-10-19(3)16-25(23)32-26(31)17-29(24-9-7-6-8-20(24)4)27(28-5)21-11-13-22(30)14-12-21/h6-9,11-14,18-19,23,25,30H,10,15-17H2,1-5H3/b28-27+/t19-,23+,25-/m1/s1. The van der Waals surface area contributed by atoms with Gasteiger partial charge in [0.05, 0.1) is 0 Å². The third-order valence-electron chi connectivity index (χ3n) is 6.53. The number of benzene rings is 2. The van der Waals surface area contributed by atoms with E-state index in [1.165, 1.54) is 6.42 Å². The lowest BCUT2D eigenvalue weighted by molar-refractivity contribution is -0.154. The van der Waals surface area contributed by atoms with Gasteiger partial charge in [0.2, 0.25) is 0 Å². The molecule has 0 amide bonds. The molecule has 5 heteroatoms. The SMILES string of the molecule is C/N=C(\c1ccc(O)cc1)N(CC(=O)O[C@@H]1C[C@H](C)CC[C@H]1C(C)C)c1ccccc1C. The van der Waals surface area contributed by atoms with Crippen LogP contribution in [0.15, 0.2) is 53.5 Å². The average molecular weight is 437 g/mol. The van der Waals surface area contributed by atoms with Gasteiger partial charge >= 0.3 is 5.97 Å². The van der Waals surface area contributed by atoms with E-state index < -0.39 is 0 Å². The maximum absolute atomic E-state index is 13.2. The molecule has 0 aliphatic heterocycles. The Labute approximate surface area is 192 Å². The first-order chi connectivity index (χ1) is 15.3. The maximum atomic E-state index is 13.2. The average Bonchev–Trinajstić information content (AvgIpc) is 2.75. The summed E-state index contributed by atoms with van der Waals surface area (Å²) in [6.07, 6.45) is 3.18. The highest BCUT2D eigenvalue weighted by Crippen LogP contribution is 2.35. The monoisotopic (exact) mass is 436 g/mol. The molecular weight excluding hydrogens is 400 g/mol. The second-order valence-electron chi connectivity index (χ2n) is 9.32. The summed E-state index contributed by atoms with van der Waals surface area (Å²) in [5, 5.41) is 9.70. The highest BCUT2D eigenvalue weighted by molar-refractivity contribution is 6.12. The highest BCUT2D eigenvalue weighted by Gasteiger charge is 2.34. The quantitative estimate of drug-likeness (QED) is 0.364. The number of aryl methyl sites for hydroxylation is 1. The van der Waals surface area contributed by atoms with Crippen molar-refractivity contribution in [3.8, 4) is 5.75 Å². The molecule has 0 bridgehead atoms. The Morgan fingerprint density at radius 3 is 2.47 bits per heavy atom. The lowest BCUT2D eigenvalue weighted by Gasteiger charge is -2.37. The molecule has 1 aliphatic carbocycles. The molecule has 0 saturated heterocycles. The molecule has 1 aliphatic rings. The molecule has 0 spiro atoms. The van der Waals surface area contributed by atoms with Crippen LogP contribution in [0.4, 0.5) is 5.69 Å². The Bertz CT molecular complexity index is 936. The number of hydrogen-bond acceptors (Lipinski definition) is 4. The summed E-state index contributed by atoms with van der Waals surface area (Å²) in [5.74, 6) is 2.07. The van der Waals surface area contributed by atoms with Gasteiger partial charge in [-0.2, -0.15) is 0 Å². The zero-order chi connectivity index (χ0) is 23.3. The fraction of sp³-hybridized carbons (Fsp3) is 0.481. The van der Waals surface area contributed by atoms with Gasteiger partial charge in [-0.3, -0.25) is 9.79 Å². The zero-order valence-corrected chi connectivity index (χ0v) is 19.9. The largest absolute Gasteiger partial charge is 0.508 e. The zero-order valence-electron chi connectivity index (χ0n) is 19.9. The van der Waals surface area contributed by atoms with Gasteiger partial charge in [0.1, 0.15) is 24.2 Å². The number of aromatic hydroxyl groups is 1. The first-order valence-corrected chi connectivity index (χ1v) is 11.6. The number of para-hydroxylation sites is 1. The van der Waals surface area contributed by atoms with E-state index in [1.54, 1.807) is 19.2 Å². The maximum Gasteiger partial charge on any atom is 0.326 e. The number of esters is 1. The van der Waals surface area contributed by atoms with Crippen LogP contribution in [0.3, 0.4) is 0 Å². The Balaban J connectivity index is 1.88. The van der Waals surface area contributed by atoms with Crippen molar-refractivity contribution in [2.75, 3.05) is 18.5 Å². The number of carbonyl (C=O) groups excluding carboxylic acids is 1. The summed E-state index contributed by atoms with van der Waals surface area (Å²) in [6, 6.07) is 14.8. The summed E-state index contributed by atoms with van der Waals surface area (Å²) in [6.45, 7) is 8.77. The Morgan fingerprint density at radius 1 is 1.16 bits per heavy atom. The van der Waals surface area contributed by atoms with Crippen LogP contribution in [0.2, 0.25) is 0 Å². The van der Waals surface area contributed by atoms with Gasteiger partial charge in [-0.15, -0.1) is 0 Å². The highest BCUT2D eigenvalue weighted by atomic mass is 16.5.